The van der Waals surface area contributed by atoms with E-state index in [1.807, 2.05) is 0 Å². The van der Waals surface area contributed by atoms with Crippen molar-refractivity contribution in [3.8, 4) is 0 Å². The van der Waals surface area contributed by atoms with Crippen LogP contribution in [0.1, 0.15) is 217 Å². The number of hydrogen-bond acceptors (Lipinski definition) is 30. The number of pyridine rings is 1. The number of methoxy groups -OCH3 is 3. The van der Waals surface area contributed by atoms with Gasteiger partial charge in [0.25, 0.3) is 5.91 Å². The molecular weight excluding hydrogens is 1720 g/mol. The minimum absolute atomic E-state index is 0. The van der Waals surface area contributed by atoms with Crippen molar-refractivity contribution in [1.82, 2.24) is 31.6 Å². The van der Waals surface area contributed by atoms with Crippen LogP contribution in [0.2, 0.25) is 0 Å². The van der Waals surface area contributed by atoms with Gasteiger partial charge in [-0.15, -0.1) is 11.8 Å². The normalized spacial score (nSPS) is 14.9. The number of Topliss-reactive ketones (excluding diaryl/α,β-unsaturated/α-hetero) is 3. The van der Waals surface area contributed by atoms with Gasteiger partial charge in [0.05, 0.1) is 88.9 Å². The van der Waals surface area contributed by atoms with E-state index in [9.17, 15) is 57.5 Å². The van der Waals surface area contributed by atoms with E-state index in [1.165, 1.54) is 188 Å². The number of esters is 7. The summed E-state index contributed by atoms with van der Waals surface area (Å²) >= 11 is 1.75. The molecule has 2 saturated carbocycles. The fourth-order valence-electron chi connectivity index (χ4n) is 12.1. The van der Waals surface area contributed by atoms with Crippen LogP contribution < -0.4 is 26.6 Å². The van der Waals surface area contributed by atoms with Gasteiger partial charge in [-0.3, -0.25) is 24.2 Å². The number of hydrogen-bond donors (Lipinski definition) is 8. The molecule has 2 aliphatic carbocycles. The van der Waals surface area contributed by atoms with Gasteiger partial charge in [0, 0.05) is 111 Å². The zero-order chi connectivity index (χ0) is 90.4. The molecule has 4 atom stereocenters. The number of aromatic nitrogens is 1. The van der Waals surface area contributed by atoms with Crippen LogP contribution in [0.5, 0.6) is 0 Å². The molecule has 2 fully saturated rings. The van der Waals surface area contributed by atoms with Gasteiger partial charge in [-0.2, -0.15) is 0 Å². The molecule has 2 bridgehead atoms. The molecule has 125 heavy (non-hydrogen) atoms. The third-order valence-corrected chi connectivity index (χ3v) is 19.5. The molecule has 3 aliphatic rings. The monoisotopic (exact) mass is 1830 g/mol. The third-order valence-electron chi connectivity index (χ3n) is 18.6. The number of aliphatic hydroxyl groups is 2. The molecule has 10 rings (SSSR count). The largest absolute Gasteiger partial charge is 1.00 e. The van der Waals surface area contributed by atoms with E-state index in [4.69, 9.17) is 87.9 Å². The van der Waals surface area contributed by atoms with Crippen molar-refractivity contribution < 1.29 is 135 Å². The van der Waals surface area contributed by atoms with Gasteiger partial charge in [0.15, 0.2) is 17.3 Å². The van der Waals surface area contributed by atoms with E-state index in [0.717, 1.165) is 43.3 Å². The Morgan fingerprint density at radius 2 is 0.632 bits per heavy atom. The number of nitrogens with zero attached hydrogens (tertiary/aromatic N) is 1. The summed E-state index contributed by atoms with van der Waals surface area (Å²) in [5.74, 6) is -4.30. The average molecular weight is 1840 g/mol. The fourth-order valence-corrected chi connectivity index (χ4v) is 13.0. The molecule has 31 nitrogen and oxygen atoms in total. The Hall–Kier alpha value is -10.2. The summed E-state index contributed by atoms with van der Waals surface area (Å²) in [5, 5.41) is 43.9. The summed E-state index contributed by atoms with van der Waals surface area (Å²) in [6.45, 7) is 9.18. The first-order valence-electron chi connectivity index (χ1n) is 39.8. The number of thioether (sulfide) groups is 1. The molecule has 1 amide bonds. The predicted molar refractivity (Wildman–Crippen MR) is 466 cm³/mol. The Bertz CT molecular complexity index is 4370. The summed E-state index contributed by atoms with van der Waals surface area (Å²) in [5.41, 5.74) is 6.67. The van der Waals surface area contributed by atoms with Crippen molar-refractivity contribution in [2.24, 2.45) is 0 Å². The number of carbonyl (C=O) groups excluding carboxylic acids is 11. The Morgan fingerprint density at radius 1 is 0.392 bits per heavy atom. The zero-order valence-electron chi connectivity index (χ0n) is 71.0. The zero-order valence-corrected chi connectivity index (χ0v) is 73.5. The molecular formula is C90H113Cl2MnN6O25S+. The number of carboxylic acid groups (broad SMARTS) is 1. The van der Waals surface area contributed by atoms with Crippen LogP contribution in [0.25, 0.3) is 0 Å². The molecule has 35 heteroatoms. The Labute approximate surface area is 748 Å². The number of carbonyl (C=O) groups is 12. The predicted octanol–water partition coefficient (Wildman–Crippen LogP) is 11.5. The van der Waals surface area contributed by atoms with Crippen LogP contribution in [0.15, 0.2) is 163 Å². The van der Waals surface area contributed by atoms with Gasteiger partial charge in [-0.25, -0.2) is 38.4 Å². The summed E-state index contributed by atoms with van der Waals surface area (Å²) in [6, 6.07) is 42.6. The first-order valence-corrected chi connectivity index (χ1v) is 44.1. The van der Waals surface area contributed by atoms with Crippen molar-refractivity contribution in [3.05, 3.63) is 236 Å². The second-order valence-electron chi connectivity index (χ2n) is 27.4. The average Bonchev–Trinajstić information content (AvgIpc) is 1.14. The van der Waals surface area contributed by atoms with Crippen LogP contribution in [0, 0.1) is 0 Å². The molecule has 1 aliphatic heterocycles. The molecule has 0 saturated heterocycles. The molecule has 2 heterocycles. The van der Waals surface area contributed by atoms with Crippen molar-refractivity contribution in [1.29, 1.82) is 0 Å². The quantitative estimate of drug-likeness (QED) is 0.00485. The van der Waals surface area contributed by atoms with Gasteiger partial charge >= 0.3 is 82.5 Å². The van der Waals surface area contributed by atoms with Crippen LogP contribution in [0.3, 0.4) is 0 Å². The van der Waals surface area contributed by atoms with Crippen LogP contribution >= 0.6 is 32.0 Å². The number of fused-ring (bicyclic) bond motifs is 4. The number of amides is 1. The number of carboxylic acids is 1. The number of aliphatic hydroxyl groups excluding tert-OH is 2. The molecule has 0 unspecified atom stereocenters. The number of rotatable bonds is 32. The van der Waals surface area contributed by atoms with Crippen molar-refractivity contribution in [2.45, 2.75) is 122 Å². The first-order chi connectivity index (χ1) is 59.9. The molecule has 1 aromatic heterocycles. The Kier molecular flexibility index (Phi) is 53.2. The second-order valence-corrected chi connectivity index (χ2v) is 30.5. The summed E-state index contributed by atoms with van der Waals surface area (Å²) in [4.78, 5) is 144. The van der Waals surface area contributed by atoms with Gasteiger partial charge in [0.2, 0.25) is 0 Å². The van der Waals surface area contributed by atoms with Gasteiger partial charge in [-0.05, 0) is 168 Å². The summed E-state index contributed by atoms with van der Waals surface area (Å²) in [7, 11) is 14.2. The van der Waals surface area contributed by atoms with E-state index in [0.29, 0.717) is 106 Å². The number of ketones is 3. The number of nitrogens with one attached hydrogen (secondary N) is 5. The van der Waals surface area contributed by atoms with E-state index >= 15 is 0 Å². The molecule has 6 aromatic carbocycles. The van der Waals surface area contributed by atoms with Gasteiger partial charge < -0.3 is 89.3 Å². The van der Waals surface area contributed by atoms with Gasteiger partial charge in [0.1, 0.15) is 46.2 Å². The standard InChI is InChI=1S/C34H50N6O4S.C22H22O8.C11H12O5.2C11H12O4.CH4.2ClH.Mn/c1-43-17-18-44-34(42)25-12-10-24(11-13-25)33(41)37-16-19-45-28-20-26-22-38-31-8-4-2-6-29(31)35-14-15-36-30-7-3-5-9-32(30)39-23-27(21-28)40-26;1-15(23)16-3-5-17(6-4-16)21(25)29-13-14-30-22(26)19-9-7-18(8-10-19)20(24)28-12-11-27-2;1-15-6-7-16-11(14)9-4-2-8(3-5-9)10(12)13;2*1-8(13)9-2-4-10(5-3-9)11(14)15-7-6-12;;;;/h10-13,20-21,29-32,35-36,38-39H,2-9,14-19,22-23H2,1H3,(H,37,41);3-10H,11-14H2,1-2H3;2-5H,6-7H2,1H3,(H,12,13);2*2-5,12H,6-7H2,1H3;1H4;2*1H;/q;;;;;;;;+2/p-1/t29-,30-,31-,32-;;;;;;;;/m1......../s1. The third kappa shape index (κ3) is 41.2. The number of halogens is 2. The second kappa shape index (κ2) is 62.0. The molecule has 679 valence electrons. The van der Waals surface area contributed by atoms with E-state index < -0.39 is 47.8 Å². The minimum atomic E-state index is -1.03. The topological polar surface area (TPSA) is 431 Å². The summed E-state index contributed by atoms with van der Waals surface area (Å²) in [6.07, 6.45) is 9.95. The van der Waals surface area contributed by atoms with Crippen molar-refractivity contribution in [2.75, 3.05) is 126 Å². The van der Waals surface area contributed by atoms with Gasteiger partial charge in [-0.1, -0.05) is 69.5 Å². The van der Waals surface area contributed by atoms with Crippen LogP contribution in [-0.2, 0) is 73.6 Å². The smallest absolute Gasteiger partial charge is 1.00 e. The van der Waals surface area contributed by atoms with Crippen molar-refractivity contribution >= 4 is 103 Å². The van der Waals surface area contributed by atoms with E-state index in [-0.39, 0.29) is 116 Å². The molecule has 0 radical (unpaired) electrons. The van der Waals surface area contributed by atoms with Crippen LogP contribution in [-0.4, -0.2) is 241 Å². The number of ether oxygens (including phenoxy) is 10. The van der Waals surface area contributed by atoms with Crippen molar-refractivity contribution in [3.63, 3.8) is 0 Å². The minimum Gasteiger partial charge on any atom is 1.00 e. The number of benzene rings is 6. The molecule has 8 N–H and O–H groups in total. The fraction of sp³-hybridized carbons (Fsp3) is 0.411. The first kappa shape index (κ1) is 107. The Morgan fingerprint density at radius 3 is 0.888 bits per heavy atom. The Balaban J connectivity index is 0.000000435. The van der Waals surface area contributed by atoms with E-state index in [2.05, 4.69) is 38.7 Å². The molecule has 7 aromatic rings. The van der Waals surface area contributed by atoms with E-state index in [1.54, 1.807) is 67.4 Å². The number of aromatic carboxylic acids is 1. The summed E-state index contributed by atoms with van der Waals surface area (Å²) < 4.78 is 48.9. The maximum atomic E-state index is 12.7. The van der Waals surface area contributed by atoms with Crippen LogP contribution in [0.4, 0.5) is 0 Å². The SMILES string of the molecule is C.CC(=O)c1ccc(C(=O)OCCO)cc1.CC(=O)c1ccc(C(=O)OCCO)cc1.COCCOC(=O)c1ccc(C(=O)NCCSc2cc3nc(c2)CN[C@@H]2CCCC[C@H]2NCCN[C@@H]2CCCC[C@H]2NC3)cc1.COCCOC(=O)c1ccc(C(=O)O)cc1.COCCOC(=O)c1ccc(C(=O)OCCOC(=O)c2ccc(C(C)=O)cc2)cc1.[Cl][Mn][Cl].[H+]. The molecule has 0 spiro atoms. The maximum absolute atomic E-state index is 12.7. The maximum Gasteiger partial charge on any atom is 1.00 e.